The molecule has 2 aliphatic heterocycles. The predicted octanol–water partition coefficient (Wildman–Crippen LogP) is 1.91. The summed E-state index contributed by atoms with van der Waals surface area (Å²) in [6.45, 7) is 4.89. The molecular weight excluding hydrogens is 356 g/mol. The summed E-state index contributed by atoms with van der Waals surface area (Å²) in [6.07, 6.45) is 0. The van der Waals surface area contributed by atoms with Crippen molar-refractivity contribution >= 4 is 29.1 Å². The summed E-state index contributed by atoms with van der Waals surface area (Å²) in [4.78, 5) is 42.1. The van der Waals surface area contributed by atoms with Crippen LogP contribution in [0.1, 0.15) is 29.8 Å². The number of para-hydroxylation sites is 2. The van der Waals surface area contributed by atoms with Crippen LogP contribution in [0.25, 0.3) is 0 Å². The first-order chi connectivity index (χ1) is 13.5. The summed E-state index contributed by atoms with van der Waals surface area (Å²) in [5.74, 6) is -0.820. The van der Waals surface area contributed by atoms with E-state index in [-0.39, 0.29) is 24.3 Å². The van der Waals surface area contributed by atoms with Crippen molar-refractivity contribution in [2.24, 2.45) is 0 Å². The van der Waals surface area contributed by atoms with Crippen molar-refractivity contribution in [2.75, 3.05) is 29.9 Å². The van der Waals surface area contributed by atoms with Crippen LogP contribution >= 0.6 is 0 Å². The third-order valence-corrected chi connectivity index (χ3v) is 5.37. The highest BCUT2D eigenvalue weighted by atomic mass is 16.2. The molecule has 0 saturated carbocycles. The molecule has 28 heavy (non-hydrogen) atoms. The van der Waals surface area contributed by atoms with Gasteiger partial charge < -0.3 is 15.5 Å². The van der Waals surface area contributed by atoms with Gasteiger partial charge in [0.15, 0.2) is 0 Å². The van der Waals surface area contributed by atoms with E-state index < -0.39 is 5.66 Å². The minimum Gasteiger partial charge on any atom is -0.350 e. The second-order valence-corrected chi connectivity index (χ2v) is 6.85. The van der Waals surface area contributed by atoms with E-state index in [2.05, 4.69) is 10.6 Å². The molecule has 0 bridgehead atoms. The van der Waals surface area contributed by atoms with Gasteiger partial charge in [-0.1, -0.05) is 30.3 Å². The first-order valence-electron chi connectivity index (χ1n) is 9.40. The number of amides is 3. The molecule has 0 aromatic heterocycles. The van der Waals surface area contributed by atoms with Gasteiger partial charge in [-0.05, 0) is 32.0 Å². The Hall–Kier alpha value is -3.35. The van der Waals surface area contributed by atoms with Gasteiger partial charge in [-0.2, -0.15) is 0 Å². The fourth-order valence-electron chi connectivity index (χ4n) is 3.92. The van der Waals surface area contributed by atoms with Crippen LogP contribution in [0, 0.1) is 0 Å². The molecule has 0 aliphatic carbocycles. The number of anilines is 2. The van der Waals surface area contributed by atoms with Crippen molar-refractivity contribution in [2.45, 2.75) is 19.5 Å². The lowest BCUT2D eigenvalue weighted by atomic mass is 9.96. The SMILES string of the molecule is CCN(CC)C(=O)CN1C(=O)[C@]2(NC(=O)c3ccccc3N2)c2ccccc21. The van der Waals surface area contributed by atoms with Gasteiger partial charge in [0.05, 0.1) is 11.3 Å². The Morgan fingerprint density at radius 3 is 2.43 bits per heavy atom. The van der Waals surface area contributed by atoms with Crippen molar-refractivity contribution in [3.8, 4) is 0 Å². The first-order valence-corrected chi connectivity index (χ1v) is 9.40. The lowest BCUT2D eigenvalue weighted by molar-refractivity contribution is -0.131. The molecule has 0 saturated heterocycles. The van der Waals surface area contributed by atoms with Crippen molar-refractivity contribution in [3.05, 3.63) is 59.7 Å². The Bertz CT molecular complexity index is 970. The van der Waals surface area contributed by atoms with Crippen LogP contribution < -0.4 is 15.5 Å². The molecule has 7 nitrogen and oxygen atoms in total. The molecule has 7 heteroatoms. The molecule has 2 aliphatic rings. The van der Waals surface area contributed by atoms with Gasteiger partial charge >= 0.3 is 0 Å². The highest BCUT2D eigenvalue weighted by Gasteiger charge is 2.54. The van der Waals surface area contributed by atoms with Crippen LogP contribution in [0.15, 0.2) is 48.5 Å². The average molecular weight is 378 g/mol. The highest BCUT2D eigenvalue weighted by molar-refractivity contribution is 6.16. The summed E-state index contributed by atoms with van der Waals surface area (Å²) in [5.41, 5.74) is 0.920. The van der Waals surface area contributed by atoms with Gasteiger partial charge in [-0.25, -0.2) is 0 Å². The molecule has 0 unspecified atom stereocenters. The van der Waals surface area contributed by atoms with Crippen molar-refractivity contribution in [1.82, 2.24) is 10.2 Å². The lowest BCUT2D eigenvalue weighted by Crippen LogP contribution is -2.61. The molecule has 1 atom stereocenters. The number of nitrogens with zero attached hydrogens (tertiary/aromatic N) is 2. The fourth-order valence-corrected chi connectivity index (χ4v) is 3.92. The largest absolute Gasteiger partial charge is 0.350 e. The second-order valence-electron chi connectivity index (χ2n) is 6.85. The van der Waals surface area contributed by atoms with Gasteiger partial charge in [0.25, 0.3) is 11.8 Å². The Balaban J connectivity index is 1.76. The van der Waals surface area contributed by atoms with E-state index in [0.717, 1.165) is 0 Å². The van der Waals surface area contributed by atoms with Crippen LogP contribution in [-0.2, 0) is 15.3 Å². The lowest BCUT2D eigenvalue weighted by Gasteiger charge is -2.36. The number of benzene rings is 2. The molecular formula is C21H22N4O3. The zero-order chi connectivity index (χ0) is 19.9. The van der Waals surface area contributed by atoms with Crippen molar-refractivity contribution in [1.29, 1.82) is 0 Å². The summed E-state index contributed by atoms with van der Waals surface area (Å²) in [5, 5.41) is 6.07. The van der Waals surface area contributed by atoms with Gasteiger partial charge in [0.1, 0.15) is 6.54 Å². The van der Waals surface area contributed by atoms with Gasteiger partial charge in [-0.3, -0.25) is 19.3 Å². The highest BCUT2D eigenvalue weighted by Crippen LogP contribution is 2.43. The van der Waals surface area contributed by atoms with E-state index in [1.54, 1.807) is 35.2 Å². The standard InChI is InChI=1S/C21H22N4O3/c1-3-24(4-2)18(26)13-25-17-12-8-6-10-15(17)21(20(25)28)22-16-11-7-5-9-14(16)19(27)23-21/h5-12,22H,3-4,13H2,1-2H3,(H,23,27)/t21-/m1/s1. The molecule has 4 rings (SSSR count). The Morgan fingerprint density at radius 2 is 1.68 bits per heavy atom. The van der Waals surface area contributed by atoms with Crippen LogP contribution in [0.4, 0.5) is 11.4 Å². The Kier molecular flexibility index (Phi) is 4.30. The molecule has 144 valence electrons. The number of hydrogen-bond donors (Lipinski definition) is 2. The molecule has 2 heterocycles. The van der Waals surface area contributed by atoms with E-state index >= 15 is 0 Å². The van der Waals surface area contributed by atoms with Crippen molar-refractivity contribution in [3.63, 3.8) is 0 Å². The average Bonchev–Trinajstić information content (AvgIpc) is 2.92. The van der Waals surface area contributed by atoms with Gasteiger partial charge in [0.2, 0.25) is 11.6 Å². The molecule has 2 N–H and O–H groups in total. The summed E-state index contributed by atoms with van der Waals surface area (Å²) >= 11 is 0. The second kappa shape index (κ2) is 6.67. The molecule has 0 radical (unpaired) electrons. The number of nitrogens with one attached hydrogen (secondary N) is 2. The van der Waals surface area contributed by atoms with E-state index in [1.165, 1.54) is 4.90 Å². The fraction of sp³-hybridized carbons (Fsp3) is 0.286. The topological polar surface area (TPSA) is 81.8 Å². The number of carbonyl (C=O) groups is 3. The summed E-state index contributed by atoms with van der Waals surface area (Å²) < 4.78 is 0. The zero-order valence-corrected chi connectivity index (χ0v) is 15.9. The smallest absolute Gasteiger partial charge is 0.279 e. The molecule has 2 aromatic carbocycles. The molecule has 1 spiro atoms. The predicted molar refractivity (Wildman–Crippen MR) is 106 cm³/mol. The Morgan fingerprint density at radius 1 is 1.00 bits per heavy atom. The third-order valence-electron chi connectivity index (χ3n) is 5.37. The van der Waals surface area contributed by atoms with Crippen LogP contribution in [0.3, 0.4) is 0 Å². The maximum Gasteiger partial charge on any atom is 0.279 e. The van der Waals surface area contributed by atoms with E-state index in [1.807, 2.05) is 32.0 Å². The number of carbonyl (C=O) groups excluding carboxylic acids is 3. The number of likely N-dealkylation sites (N-methyl/N-ethyl adjacent to an activating group) is 1. The van der Waals surface area contributed by atoms with E-state index in [9.17, 15) is 14.4 Å². The van der Waals surface area contributed by atoms with Gasteiger partial charge in [0, 0.05) is 24.3 Å². The monoisotopic (exact) mass is 378 g/mol. The minimum absolute atomic E-state index is 0.0710. The summed E-state index contributed by atoms with van der Waals surface area (Å²) in [7, 11) is 0. The number of fused-ring (bicyclic) bond motifs is 3. The summed E-state index contributed by atoms with van der Waals surface area (Å²) in [6, 6.07) is 14.3. The van der Waals surface area contributed by atoms with E-state index in [4.69, 9.17) is 0 Å². The zero-order valence-electron chi connectivity index (χ0n) is 15.9. The first kappa shape index (κ1) is 18.0. The van der Waals surface area contributed by atoms with Crippen LogP contribution in [-0.4, -0.2) is 42.3 Å². The third kappa shape index (κ3) is 2.54. The van der Waals surface area contributed by atoms with Crippen LogP contribution in [0.5, 0.6) is 0 Å². The molecule has 2 aromatic rings. The number of rotatable bonds is 4. The van der Waals surface area contributed by atoms with Crippen LogP contribution in [0.2, 0.25) is 0 Å². The van der Waals surface area contributed by atoms with Crippen molar-refractivity contribution < 1.29 is 14.4 Å². The maximum atomic E-state index is 13.5. The number of hydrogen-bond acceptors (Lipinski definition) is 4. The normalized spacial score (nSPS) is 19.7. The molecule has 0 fully saturated rings. The molecule has 3 amide bonds. The Labute approximate surface area is 163 Å². The minimum atomic E-state index is -1.41. The van der Waals surface area contributed by atoms with Gasteiger partial charge in [-0.15, -0.1) is 0 Å². The quantitative estimate of drug-likeness (QED) is 0.852. The maximum absolute atomic E-state index is 13.5. The van der Waals surface area contributed by atoms with E-state index in [0.29, 0.717) is 35.6 Å².